The highest BCUT2D eigenvalue weighted by Gasteiger charge is 2.23. The van der Waals surface area contributed by atoms with Gasteiger partial charge in [-0.15, -0.1) is 11.3 Å². The fourth-order valence-electron chi connectivity index (χ4n) is 1.48. The molecule has 1 aliphatic rings. The third-order valence-corrected chi connectivity index (χ3v) is 4.07. The average Bonchev–Trinajstić information content (AvgIpc) is 2.71. The van der Waals surface area contributed by atoms with Crippen LogP contribution in [0.4, 0.5) is 0 Å². The first kappa shape index (κ1) is 9.21. The molecule has 2 rings (SSSR count). The van der Waals surface area contributed by atoms with Gasteiger partial charge in [-0.1, -0.05) is 0 Å². The van der Waals surface area contributed by atoms with Crippen molar-refractivity contribution in [3.63, 3.8) is 0 Å². The van der Waals surface area contributed by atoms with Gasteiger partial charge in [-0.25, -0.2) is 4.98 Å². The highest BCUT2D eigenvalue weighted by atomic mass is 32.2. The second-order valence-corrected chi connectivity index (χ2v) is 5.21. The maximum atomic E-state index is 11.8. The summed E-state index contributed by atoms with van der Waals surface area (Å²) in [7, 11) is 0. The van der Waals surface area contributed by atoms with Gasteiger partial charge >= 0.3 is 0 Å². The summed E-state index contributed by atoms with van der Waals surface area (Å²) in [5.41, 5.74) is 0. The molecule has 0 bridgehead atoms. The summed E-state index contributed by atoms with van der Waals surface area (Å²) in [6.07, 6.45) is 3.77. The summed E-state index contributed by atoms with van der Waals surface area (Å²) in [5.74, 6) is 2.76. The maximum Gasteiger partial charge on any atom is 0.194 e. The Morgan fingerprint density at radius 2 is 2.23 bits per heavy atom. The second kappa shape index (κ2) is 4.24. The van der Waals surface area contributed by atoms with Crippen molar-refractivity contribution in [1.82, 2.24) is 4.98 Å². The Balaban J connectivity index is 2.04. The normalized spacial score (nSPS) is 18.8. The predicted octanol–water partition coefficient (Wildman–Crippen LogP) is 2.47. The van der Waals surface area contributed by atoms with Crippen LogP contribution in [0.1, 0.15) is 22.6 Å². The number of ketones is 1. The van der Waals surface area contributed by atoms with E-state index in [4.69, 9.17) is 0 Å². The number of Topliss-reactive ketones (excluding diaryl/α,β-unsaturated/α-hetero) is 1. The van der Waals surface area contributed by atoms with Gasteiger partial charge in [-0.05, 0) is 24.3 Å². The van der Waals surface area contributed by atoms with Gasteiger partial charge in [0.15, 0.2) is 10.8 Å². The second-order valence-electron chi connectivity index (χ2n) is 3.09. The first-order valence-corrected chi connectivity index (χ1v) is 6.43. The predicted molar refractivity (Wildman–Crippen MR) is 56.5 cm³/mol. The van der Waals surface area contributed by atoms with Gasteiger partial charge in [0.05, 0.1) is 0 Å². The minimum atomic E-state index is 0.243. The molecule has 2 heterocycles. The maximum absolute atomic E-state index is 11.8. The van der Waals surface area contributed by atoms with Gasteiger partial charge in [0.2, 0.25) is 0 Å². The average molecular weight is 213 g/mol. The van der Waals surface area contributed by atoms with E-state index >= 15 is 0 Å². The minimum Gasteiger partial charge on any atom is -0.291 e. The van der Waals surface area contributed by atoms with Crippen LogP contribution < -0.4 is 0 Å². The van der Waals surface area contributed by atoms with Crippen molar-refractivity contribution in [1.29, 1.82) is 0 Å². The minimum absolute atomic E-state index is 0.243. The lowest BCUT2D eigenvalue weighted by Crippen LogP contribution is -2.19. The van der Waals surface area contributed by atoms with Crippen LogP contribution >= 0.6 is 23.1 Å². The summed E-state index contributed by atoms with van der Waals surface area (Å²) >= 11 is 3.40. The molecule has 0 N–H and O–H groups in total. The highest BCUT2D eigenvalue weighted by Crippen LogP contribution is 2.26. The number of rotatable bonds is 2. The zero-order valence-electron chi connectivity index (χ0n) is 7.23. The molecule has 0 radical (unpaired) electrons. The first-order valence-electron chi connectivity index (χ1n) is 4.39. The van der Waals surface area contributed by atoms with Crippen molar-refractivity contribution in [3.05, 3.63) is 16.6 Å². The van der Waals surface area contributed by atoms with E-state index < -0.39 is 0 Å². The molecule has 0 atom stereocenters. The third-order valence-electron chi connectivity index (χ3n) is 2.24. The summed E-state index contributed by atoms with van der Waals surface area (Å²) in [6, 6.07) is 0. The van der Waals surface area contributed by atoms with Crippen molar-refractivity contribution in [2.75, 3.05) is 11.5 Å². The molecule has 1 fully saturated rings. The largest absolute Gasteiger partial charge is 0.291 e. The van der Waals surface area contributed by atoms with Gasteiger partial charge in [-0.3, -0.25) is 4.79 Å². The zero-order valence-corrected chi connectivity index (χ0v) is 8.87. The number of carbonyl (C=O) groups excluding carboxylic acids is 1. The van der Waals surface area contributed by atoms with Gasteiger partial charge in [-0.2, -0.15) is 11.8 Å². The molecule has 1 saturated heterocycles. The van der Waals surface area contributed by atoms with Crippen LogP contribution in [-0.4, -0.2) is 22.3 Å². The van der Waals surface area contributed by atoms with Crippen LogP contribution in [0.2, 0.25) is 0 Å². The van der Waals surface area contributed by atoms with Crippen molar-refractivity contribution in [2.45, 2.75) is 12.8 Å². The van der Waals surface area contributed by atoms with Gasteiger partial charge < -0.3 is 0 Å². The number of thiazole rings is 1. The molecule has 4 heteroatoms. The molecule has 1 aromatic heterocycles. The van der Waals surface area contributed by atoms with Crippen molar-refractivity contribution in [2.24, 2.45) is 5.92 Å². The third kappa shape index (κ3) is 2.11. The number of carbonyl (C=O) groups is 1. The molecule has 2 nitrogen and oxygen atoms in total. The molecule has 0 amide bonds. The van der Waals surface area contributed by atoms with E-state index in [1.165, 1.54) is 11.3 Å². The van der Waals surface area contributed by atoms with Crippen LogP contribution in [0.5, 0.6) is 0 Å². The first-order chi connectivity index (χ1) is 6.38. The van der Waals surface area contributed by atoms with Crippen molar-refractivity contribution < 1.29 is 4.79 Å². The Morgan fingerprint density at radius 1 is 1.46 bits per heavy atom. The molecule has 0 spiro atoms. The van der Waals surface area contributed by atoms with E-state index in [-0.39, 0.29) is 11.7 Å². The van der Waals surface area contributed by atoms with Crippen LogP contribution in [-0.2, 0) is 0 Å². The lowest BCUT2D eigenvalue weighted by Gasteiger charge is -2.18. The Morgan fingerprint density at radius 3 is 2.85 bits per heavy atom. The van der Waals surface area contributed by atoms with E-state index in [9.17, 15) is 4.79 Å². The molecule has 0 aromatic carbocycles. The number of thioether (sulfide) groups is 1. The molecule has 0 saturated carbocycles. The van der Waals surface area contributed by atoms with Gasteiger partial charge in [0.25, 0.3) is 0 Å². The summed E-state index contributed by atoms with van der Waals surface area (Å²) in [5, 5.41) is 2.56. The van der Waals surface area contributed by atoms with Crippen LogP contribution in [0.15, 0.2) is 11.6 Å². The monoisotopic (exact) mass is 213 g/mol. The van der Waals surface area contributed by atoms with Gasteiger partial charge in [0, 0.05) is 17.5 Å². The Hall–Kier alpha value is -0.350. The zero-order chi connectivity index (χ0) is 9.10. The molecular weight excluding hydrogens is 202 g/mol. The molecule has 0 unspecified atom stereocenters. The van der Waals surface area contributed by atoms with Crippen molar-refractivity contribution in [3.8, 4) is 0 Å². The van der Waals surface area contributed by atoms with Crippen LogP contribution in [0.3, 0.4) is 0 Å². The number of hydrogen-bond donors (Lipinski definition) is 0. The fourth-order valence-corrected chi connectivity index (χ4v) is 3.24. The Labute approximate surface area is 85.8 Å². The lowest BCUT2D eigenvalue weighted by atomic mass is 9.98. The smallest absolute Gasteiger partial charge is 0.194 e. The Kier molecular flexibility index (Phi) is 3.01. The van der Waals surface area contributed by atoms with E-state index in [2.05, 4.69) is 4.98 Å². The number of aromatic nitrogens is 1. The van der Waals surface area contributed by atoms with E-state index in [1.54, 1.807) is 6.20 Å². The topological polar surface area (TPSA) is 30.0 Å². The van der Waals surface area contributed by atoms with Crippen LogP contribution in [0, 0.1) is 5.92 Å². The van der Waals surface area contributed by atoms with E-state index in [0.717, 1.165) is 24.3 Å². The van der Waals surface area contributed by atoms with E-state index in [1.807, 2.05) is 17.1 Å². The lowest BCUT2D eigenvalue weighted by molar-refractivity contribution is 0.0912. The van der Waals surface area contributed by atoms with Crippen LogP contribution in [0.25, 0.3) is 0 Å². The molecule has 1 aromatic rings. The molecule has 1 aliphatic heterocycles. The summed E-state index contributed by atoms with van der Waals surface area (Å²) < 4.78 is 0. The highest BCUT2D eigenvalue weighted by molar-refractivity contribution is 7.99. The summed E-state index contributed by atoms with van der Waals surface area (Å²) in [6.45, 7) is 0. The quantitative estimate of drug-likeness (QED) is 0.707. The molecule has 13 heavy (non-hydrogen) atoms. The standard InChI is InChI=1S/C9H11NOS2/c11-8(9-10-3-6-13-9)7-1-4-12-5-2-7/h3,6-7H,1-2,4-5H2. The summed E-state index contributed by atoms with van der Waals surface area (Å²) in [4.78, 5) is 15.9. The van der Waals surface area contributed by atoms with Crippen molar-refractivity contribution >= 4 is 28.9 Å². The number of hydrogen-bond acceptors (Lipinski definition) is 4. The Bertz CT molecular complexity index is 278. The fraction of sp³-hybridized carbons (Fsp3) is 0.556. The molecule has 70 valence electrons. The SMILES string of the molecule is O=C(c1nccs1)C1CCSCC1. The van der Waals surface area contributed by atoms with Gasteiger partial charge in [0.1, 0.15) is 0 Å². The van der Waals surface area contributed by atoms with E-state index in [0.29, 0.717) is 5.01 Å². The molecular formula is C9H11NOS2. The molecule has 0 aliphatic carbocycles. The number of nitrogens with zero attached hydrogens (tertiary/aromatic N) is 1.